The van der Waals surface area contributed by atoms with E-state index in [2.05, 4.69) is 10.3 Å². The molecule has 3 aromatic rings. The van der Waals surface area contributed by atoms with Crippen LogP contribution in [0.3, 0.4) is 0 Å². The van der Waals surface area contributed by atoms with Gasteiger partial charge in [-0.1, -0.05) is 48.0 Å². The topological polar surface area (TPSA) is 71.5 Å². The lowest BCUT2D eigenvalue weighted by atomic mass is 10.1. The first-order valence-corrected chi connectivity index (χ1v) is 10.7. The highest BCUT2D eigenvalue weighted by Crippen LogP contribution is 2.35. The fourth-order valence-corrected chi connectivity index (χ4v) is 3.83. The maximum atomic E-state index is 13.5. The average molecular weight is 456 g/mol. The van der Waals surface area contributed by atoms with Crippen molar-refractivity contribution in [3.05, 3.63) is 76.8 Å². The highest BCUT2D eigenvalue weighted by molar-refractivity contribution is 6.31. The number of urea groups is 1. The van der Waals surface area contributed by atoms with Crippen LogP contribution in [0.4, 0.5) is 9.18 Å². The Hall–Kier alpha value is -3.19. The van der Waals surface area contributed by atoms with Crippen LogP contribution in [0.25, 0.3) is 10.8 Å². The summed E-state index contributed by atoms with van der Waals surface area (Å²) in [5, 5.41) is 4.79. The summed E-state index contributed by atoms with van der Waals surface area (Å²) in [6.45, 7) is 0.384. The summed E-state index contributed by atoms with van der Waals surface area (Å²) < 4.78 is 18.9. The Balaban J connectivity index is 1.21. The first kappa shape index (κ1) is 22.0. The van der Waals surface area contributed by atoms with Crippen molar-refractivity contribution in [2.75, 3.05) is 13.7 Å². The predicted molar refractivity (Wildman–Crippen MR) is 120 cm³/mol. The molecule has 1 N–H and O–H groups in total. The van der Waals surface area contributed by atoms with Crippen LogP contribution in [-0.2, 0) is 22.5 Å². The summed E-state index contributed by atoms with van der Waals surface area (Å²) in [7, 11) is 1.69. The highest BCUT2D eigenvalue weighted by atomic mass is 35.5. The number of aromatic nitrogens is 1. The van der Waals surface area contributed by atoms with Crippen LogP contribution in [0.2, 0.25) is 5.02 Å². The molecule has 4 rings (SSSR count). The molecule has 166 valence electrons. The second-order valence-electron chi connectivity index (χ2n) is 7.93. The Morgan fingerprint density at radius 1 is 1.22 bits per heavy atom. The fraction of sp³-hybridized carbons (Fsp3) is 0.292. The molecule has 0 spiro atoms. The third-order valence-corrected chi connectivity index (χ3v) is 6.06. The van der Waals surface area contributed by atoms with E-state index in [-0.39, 0.29) is 48.6 Å². The minimum absolute atomic E-state index is 0.00701. The van der Waals surface area contributed by atoms with Crippen molar-refractivity contribution < 1.29 is 18.7 Å². The van der Waals surface area contributed by atoms with E-state index in [0.29, 0.717) is 11.3 Å². The normalized spacial score (nSPS) is 17.1. The summed E-state index contributed by atoms with van der Waals surface area (Å²) in [4.78, 5) is 30.5. The van der Waals surface area contributed by atoms with Gasteiger partial charge in [0.2, 0.25) is 0 Å². The van der Waals surface area contributed by atoms with Gasteiger partial charge < -0.3 is 15.0 Å². The fourth-order valence-electron chi connectivity index (χ4n) is 3.64. The quantitative estimate of drug-likeness (QED) is 0.538. The van der Waals surface area contributed by atoms with Crippen LogP contribution >= 0.6 is 11.6 Å². The summed E-state index contributed by atoms with van der Waals surface area (Å²) in [5.74, 6) is -0.766. The summed E-state index contributed by atoms with van der Waals surface area (Å²) >= 11 is 5.92. The number of esters is 1. The number of nitrogens with one attached hydrogen (secondary N) is 1. The zero-order valence-corrected chi connectivity index (χ0v) is 18.3. The van der Waals surface area contributed by atoms with E-state index in [1.54, 1.807) is 30.3 Å². The monoisotopic (exact) mass is 455 g/mol. The number of benzene rings is 2. The molecule has 0 unspecified atom stereocenters. The lowest BCUT2D eigenvalue weighted by Crippen LogP contribution is -2.39. The zero-order chi connectivity index (χ0) is 22.7. The lowest BCUT2D eigenvalue weighted by molar-refractivity contribution is -0.143. The van der Waals surface area contributed by atoms with Crippen LogP contribution < -0.4 is 5.32 Å². The molecule has 1 aliphatic rings. The van der Waals surface area contributed by atoms with E-state index >= 15 is 0 Å². The number of ether oxygens (including phenoxy) is 1. The molecule has 1 aromatic heterocycles. The van der Waals surface area contributed by atoms with Gasteiger partial charge in [0.05, 0.1) is 23.7 Å². The van der Waals surface area contributed by atoms with E-state index in [4.69, 9.17) is 16.3 Å². The van der Waals surface area contributed by atoms with Crippen LogP contribution in [0.5, 0.6) is 0 Å². The molecule has 0 saturated heterocycles. The maximum Gasteiger partial charge on any atom is 0.317 e. The van der Waals surface area contributed by atoms with E-state index < -0.39 is 5.82 Å². The van der Waals surface area contributed by atoms with Gasteiger partial charge in [-0.15, -0.1) is 0 Å². The molecule has 1 fully saturated rings. The van der Waals surface area contributed by atoms with Gasteiger partial charge in [-0.25, -0.2) is 9.18 Å². The number of halogens is 2. The maximum absolute atomic E-state index is 13.5. The Bertz CT molecular complexity index is 1160. The summed E-state index contributed by atoms with van der Waals surface area (Å²) in [6, 6.07) is 13.9. The molecule has 6 nitrogen and oxygen atoms in total. The molecule has 1 aliphatic carbocycles. The smallest absolute Gasteiger partial charge is 0.317 e. The Kier molecular flexibility index (Phi) is 6.55. The van der Waals surface area contributed by atoms with Gasteiger partial charge in [0.1, 0.15) is 5.82 Å². The van der Waals surface area contributed by atoms with Crippen molar-refractivity contribution in [1.29, 1.82) is 0 Å². The highest BCUT2D eigenvalue weighted by Gasteiger charge is 2.43. The number of hydrogen-bond acceptors (Lipinski definition) is 4. The van der Waals surface area contributed by atoms with E-state index in [1.165, 1.54) is 6.07 Å². The third-order valence-electron chi connectivity index (χ3n) is 5.64. The molecule has 0 aliphatic heterocycles. The predicted octanol–water partition coefficient (Wildman–Crippen LogP) is 4.34. The third kappa shape index (κ3) is 5.16. The standard InChI is InChI=1S/C24H23ClFN3O3/c1-29(24(31)28-13-17-7-4-8-20(26)23(17)25)21-10-18(21)14-32-22(30)11-19-9-15-5-2-3-6-16(15)12-27-19/h2-9,12,18,21H,10-11,13-14H2,1H3,(H,28,31)/t18-,21-/m1/s1. The van der Waals surface area contributed by atoms with Gasteiger partial charge in [-0.05, 0) is 29.5 Å². The molecule has 2 amide bonds. The van der Waals surface area contributed by atoms with Crippen molar-refractivity contribution >= 4 is 34.4 Å². The van der Waals surface area contributed by atoms with E-state index in [1.807, 2.05) is 30.3 Å². The van der Waals surface area contributed by atoms with Crippen LogP contribution in [0, 0.1) is 11.7 Å². The molecular weight excluding hydrogens is 433 g/mol. The van der Waals surface area contributed by atoms with E-state index in [0.717, 1.165) is 17.2 Å². The zero-order valence-electron chi connectivity index (χ0n) is 17.6. The number of amides is 2. The van der Waals surface area contributed by atoms with Crippen LogP contribution in [0.15, 0.2) is 54.7 Å². The van der Waals surface area contributed by atoms with Crippen molar-refractivity contribution in [2.45, 2.75) is 25.4 Å². The molecule has 1 heterocycles. The Morgan fingerprint density at radius 2 is 2.00 bits per heavy atom. The Morgan fingerprint density at radius 3 is 2.81 bits per heavy atom. The molecule has 0 bridgehead atoms. The number of hydrogen-bond donors (Lipinski definition) is 1. The van der Waals surface area contributed by atoms with Gasteiger partial charge in [0.15, 0.2) is 0 Å². The first-order chi connectivity index (χ1) is 15.4. The van der Waals surface area contributed by atoms with Gasteiger partial charge in [-0.2, -0.15) is 0 Å². The largest absolute Gasteiger partial charge is 0.465 e. The van der Waals surface area contributed by atoms with E-state index in [9.17, 15) is 14.0 Å². The van der Waals surface area contributed by atoms with Crippen molar-refractivity contribution in [3.63, 3.8) is 0 Å². The second kappa shape index (κ2) is 9.53. The van der Waals surface area contributed by atoms with Crippen LogP contribution in [0.1, 0.15) is 17.7 Å². The second-order valence-corrected chi connectivity index (χ2v) is 8.31. The van der Waals surface area contributed by atoms with Gasteiger partial charge in [0.25, 0.3) is 0 Å². The van der Waals surface area contributed by atoms with Crippen molar-refractivity contribution in [1.82, 2.24) is 15.2 Å². The minimum Gasteiger partial charge on any atom is -0.465 e. The number of carbonyl (C=O) groups excluding carboxylic acids is 2. The van der Waals surface area contributed by atoms with Crippen molar-refractivity contribution in [3.8, 4) is 0 Å². The number of pyridine rings is 1. The van der Waals surface area contributed by atoms with Gasteiger partial charge in [0, 0.05) is 37.1 Å². The first-order valence-electron chi connectivity index (χ1n) is 10.3. The number of carbonyl (C=O) groups is 2. The Labute approximate surface area is 190 Å². The van der Waals surface area contributed by atoms with Crippen LogP contribution in [-0.4, -0.2) is 41.6 Å². The molecule has 0 radical (unpaired) electrons. The average Bonchev–Trinajstić information content (AvgIpc) is 3.57. The molecule has 2 atom stereocenters. The van der Waals surface area contributed by atoms with Crippen molar-refractivity contribution in [2.24, 2.45) is 5.92 Å². The van der Waals surface area contributed by atoms with Gasteiger partial charge in [-0.3, -0.25) is 9.78 Å². The molecular formula is C24H23ClFN3O3. The summed E-state index contributed by atoms with van der Waals surface area (Å²) in [6.07, 6.45) is 2.61. The number of fused-ring (bicyclic) bond motifs is 1. The van der Waals surface area contributed by atoms with Gasteiger partial charge >= 0.3 is 12.0 Å². The molecule has 8 heteroatoms. The minimum atomic E-state index is -0.519. The number of nitrogens with zero attached hydrogens (tertiary/aromatic N) is 2. The molecule has 32 heavy (non-hydrogen) atoms. The summed E-state index contributed by atoms with van der Waals surface area (Å²) in [5.41, 5.74) is 1.17. The SMILES string of the molecule is CN(C(=O)NCc1cccc(F)c1Cl)[C@@H]1C[C@@H]1COC(=O)Cc1cc2ccccc2cn1. The molecule has 2 aromatic carbocycles. The lowest BCUT2D eigenvalue weighted by Gasteiger charge is -2.18. The molecule has 1 saturated carbocycles. The number of rotatable bonds is 7.